The number of carbonyl (C=O) groups is 2. The summed E-state index contributed by atoms with van der Waals surface area (Å²) in [6.45, 7) is 0.860. The SMILES string of the molecule is COc1cc(OC)cc(C(=O)N2CCC[C@@H]2C(=O)NCc2csc(-c3ccccc3)n2)c1. The topological polar surface area (TPSA) is 80.8 Å². The van der Waals surface area contributed by atoms with Crippen molar-refractivity contribution in [2.75, 3.05) is 20.8 Å². The van der Waals surface area contributed by atoms with E-state index in [0.29, 0.717) is 36.6 Å². The fourth-order valence-corrected chi connectivity index (χ4v) is 4.60. The van der Waals surface area contributed by atoms with Gasteiger partial charge in [-0.25, -0.2) is 4.98 Å². The minimum absolute atomic E-state index is 0.167. The van der Waals surface area contributed by atoms with Gasteiger partial charge in [0.05, 0.1) is 26.5 Å². The minimum atomic E-state index is -0.507. The Morgan fingerprint density at radius 1 is 1.12 bits per heavy atom. The normalized spacial score (nSPS) is 15.4. The molecule has 0 radical (unpaired) electrons. The highest BCUT2D eigenvalue weighted by Gasteiger charge is 2.34. The van der Waals surface area contributed by atoms with Gasteiger partial charge in [0.2, 0.25) is 5.91 Å². The highest BCUT2D eigenvalue weighted by atomic mass is 32.1. The summed E-state index contributed by atoms with van der Waals surface area (Å²) < 4.78 is 10.5. The molecule has 2 heterocycles. The van der Waals surface area contributed by atoms with Crippen LogP contribution >= 0.6 is 11.3 Å². The van der Waals surface area contributed by atoms with Crippen LogP contribution in [0, 0.1) is 0 Å². The number of hydrogen-bond acceptors (Lipinski definition) is 6. The molecule has 7 nitrogen and oxygen atoms in total. The second kappa shape index (κ2) is 9.82. The van der Waals surface area contributed by atoms with Gasteiger partial charge >= 0.3 is 0 Å². The van der Waals surface area contributed by atoms with Crippen LogP contribution in [0.25, 0.3) is 10.6 Å². The van der Waals surface area contributed by atoms with Gasteiger partial charge in [0.25, 0.3) is 5.91 Å². The molecule has 8 heteroatoms. The molecule has 32 heavy (non-hydrogen) atoms. The molecule has 1 N–H and O–H groups in total. The largest absolute Gasteiger partial charge is 0.497 e. The lowest BCUT2D eigenvalue weighted by Crippen LogP contribution is -2.45. The molecule has 1 aliphatic heterocycles. The summed E-state index contributed by atoms with van der Waals surface area (Å²) in [5, 5.41) is 5.81. The third kappa shape index (κ3) is 4.75. The lowest BCUT2D eigenvalue weighted by Gasteiger charge is -2.24. The molecule has 1 aromatic heterocycles. The number of benzene rings is 2. The van der Waals surface area contributed by atoms with Crippen LogP contribution in [0.5, 0.6) is 11.5 Å². The molecule has 1 saturated heterocycles. The molecule has 166 valence electrons. The molecule has 4 rings (SSSR count). The summed E-state index contributed by atoms with van der Waals surface area (Å²) in [5.41, 5.74) is 2.29. The van der Waals surface area contributed by atoms with Gasteiger partial charge in [-0.15, -0.1) is 11.3 Å². The standard InChI is InChI=1S/C24H25N3O4S/c1-30-19-11-17(12-20(13-19)31-2)24(29)27-10-6-9-21(27)22(28)25-14-18-15-32-23(26-18)16-7-4-3-5-8-16/h3-5,7-8,11-13,15,21H,6,9-10,14H2,1-2H3,(H,25,28)/t21-/m1/s1. The average molecular weight is 452 g/mol. The van der Waals surface area contributed by atoms with Crippen molar-refractivity contribution in [2.45, 2.75) is 25.4 Å². The summed E-state index contributed by atoms with van der Waals surface area (Å²) in [5.74, 6) is 0.691. The molecule has 0 spiro atoms. The first-order valence-corrected chi connectivity index (χ1v) is 11.3. The molecule has 0 saturated carbocycles. The van der Waals surface area contributed by atoms with Gasteiger partial charge in [0, 0.05) is 29.1 Å². The number of aromatic nitrogens is 1. The second-order valence-electron chi connectivity index (χ2n) is 7.49. The maximum absolute atomic E-state index is 13.2. The number of carbonyl (C=O) groups excluding carboxylic acids is 2. The molecule has 2 aromatic carbocycles. The van der Waals surface area contributed by atoms with Gasteiger partial charge in [0.15, 0.2) is 0 Å². The van der Waals surface area contributed by atoms with Crippen molar-refractivity contribution in [2.24, 2.45) is 0 Å². The fourth-order valence-electron chi connectivity index (χ4n) is 3.78. The molecule has 0 bridgehead atoms. The predicted molar refractivity (Wildman–Crippen MR) is 123 cm³/mol. The lowest BCUT2D eigenvalue weighted by molar-refractivity contribution is -0.125. The summed E-state index contributed by atoms with van der Waals surface area (Å²) in [6, 6.07) is 14.5. The van der Waals surface area contributed by atoms with Crippen LogP contribution in [0.2, 0.25) is 0 Å². The highest BCUT2D eigenvalue weighted by molar-refractivity contribution is 7.13. The molecule has 0 aliphatic carbocycles. The number of thiazole rings is 1. The zero-order valence-electron chi connectivity index (χ0n) is 18.0. The number of methoxy groups -OCH3 is 2. The Morgan fingerprint density at radius 3 is 2.53 bits per heavy atom. The van der Waals surface area contributed by atoms with Crippen molar-refractivity contribution in [1.82, 2.24) is 15.2 Å². The number of likely N-dealkylation sites (tertiary alicyclic amines) is 1. The van der Waals surface area contributed by atoms with E-state index < -0.39 is 6.04 Å². The van der Waals surface area contributed by atoms with Crippen LogP contribution in [-0.2, 0) is 11.3 Å². The number of rotatable bonds is 7. The van der Waals surface area contributed by atoms with Crippen molar-refractivity contribution < 1.29 is 19.1 Å². The van der Waals surface area contributed by atoms with Gasteiger partial charge in [-0.2, -0.15) is 0 Å². The summed E-state index contributed by atoms with van der Waals surface area (Å²) >= 11 is 1.55. The van der Waals surface area contributed by atoms with Gasteiger partial charge < -0.3 is 19.7 Å². The van der Waals surface area contributed by atoms with Gasteiger partial charge in [-0.05, 0) is 25.0 Å². The molecule has 2 amide bonds. The van der Waals surface area contributed by atoms with Crippen molar-refractivity contribution in [3.8, 4) is 22.1 Å². The molecular formula is C24H25N3O4S. The first kappa shape index (κ1) is 21.8. The molecule has 1 aliphatic rings. The van der Waals surface area contributed by atoms with Crippen LogP contribution in [0.3, 0.4) is 0 Å². The van der Waals surface area contributed by atoms with E-state index in [-0.39, 0.29) is 11.8 Å². The Balaban J connectivity index is 1.42. The van der Waals surface area contributed by atoms with E-state index in [9.17, 15) is 9.59 Å². The van der Waals surface area contributed by atoms with Crippen LogP contribution in [0.15, 0.2) is 53.9 Å². The first-order valence-electron chi connectivity index (χ1n) is 10.4. The highest BCUT2D eigenvalue weighted by Crippen LogP contribution is 2.27. The zero-order chi connectivity index (χ0) is 22.5. The van der Waals surface area contributed by atoms with Crippen LogP contribution < -0.4 is 14.8 Å². The van der Waals surface area contributed by atoms with E-state index in [4.69, 9.17) is 9.47 Å². The number of ether oxygens (including phenoxy) is 2. The first-order chi connectivity index (χ1) is 15.6. The fraction of sp³-hybridized carbons (Fsp3) is 0.292. The maximum Gasteiger partial charge on any atom is 0.254 e. The number of nitrogens with one attached hydrogen (secondary N) is 1. The monoisotopic (exact) mass is 451 g/mol. The van der Waals surface area contributed by atoms with E-state index in [1.165, 1.54) is 14.2 Å². The van der Waals surface area contributed by atoms with E-state index in [1.54, 1.807) is 34.4 Å². The summed E-state index contributed by atoms with van der Waals surface area (Å²) in [4.78, 5) is 32.3. The smallest absolute Gasteiger partial charge is 0.254 e. The Labute approximate surface area is 191 Å². The zero-order valence-corrected chi connectivity index (χ0v) is 18.9. The van der Waals surface area contributed by atoms with Crippen LogP contribution in [-0.4, -0.2) is 48.5 Å². The van der Waals surface area contributed by atoms with Gasteiger partial charge in [-0.3, -0.25) is 9.59 Å². The van der Waals surface area contributed by atoms with Crippen molar-refractivity contribution in [3.05, 3.63) is 65.2 Å². The average Bonchev–Trinajstić information content (AvgIpc) is 3.52. The van der Waals surface area contributed by atoms with Gasteiger partial charge in [0.1, 0.15) is 22.5 Å². The Bertz CT molecular complexity index is 1080. The molecule has 1 fully saturated rings. The minimum Gasteiger partial charge on any atom is -0.497 e. The van der Waals surface area contributed by atoms with Crippen molar-refractivity contribution in [1.29, 1.82) is 0 Å². The van der Waals surface area contributed by atoms with E-state index in [2.05, 4.69) is 10.3 Å². The maximum atomic E-state index is 13.2. The van der Waals surface area contributed by atoms with Crippen molar-refractivity contribution in [3.63, 3.8) is 0 Å². The van der Waals surface area contributed by atoms with E-state index in [0.717, 1.165) is 22.7 Å². The molecule has 0 unspecified atom stereocenters. The Hall–Kier alpha value is -3.39. The molecular weight excluding hydrogens is 426 g/mol. The van der Waals surface area contributed by atoms with Crippen LogP contribution in [0.1, 0.15) is 28.9 Å². The molecule has 1 atom stereocenters. The van der Waals surface area contributed by atoms with Gasteiger partial charge in [-0.1, -0.05) is 30.3 Å². The third-order valence-electron chi connectivity index (χ3n) is 5.43. The van der Waals surface area contributed by atoms with Crippen LogP contribution in [0.4, 0.5) is 0 Å². The Kier molecular flexibility index (Phi) is 6.70. The lowest BCUT2D eigenvalue weighted by atomic mass is 10.1. The van der Waals surface area contributed by atoms with E-state index in [1.807, 2.05) is 35.7 Å². The van der Waals surface area contributed by atoms with E-state index >= 15 is 0 Å². The predicted octanol–water partition coefficient (Wildman–Crippen LogP) is 3.75. The Morgan fingerprint density at radius 2 is 1.84 bits per heavy atom. The summed E-state index contributed by atoms with van der Waals surface area (Å²) in [7, 11) is 3.08. The number of hydrogen-bond donors (Lipinski definition) is 1. The number of amides is 2. The summed E-state index contributed by atoms with van der Waals surface area (Å²) in [6.07, 6.45) is 1.41. The number of nitrogens with zero attached hydrogens (tertiary/aromatic N) is 2. The van der Waals surface area contributed by atoms with Crippen molar-refractivity contribution >= 4 is 23.2 Å². The second-order valence-corrected chi connectivity index (χ2v) is 8.34. The molecule has 3 aromatic rings. The quantitative estimate of drug-likeness (QED) is 0.592. The third-order valence-corrected chi connectivity index (χ3v) is 6.37.